The first-order valence-electron chi connectivity index (χ1n) is 8.84. The van der Waals surface area contributed by atoms with E-state index in [1.54, 1.807) is 6.92 Å². The number of hydrogen-bond acceptors (Lipinski definition) is 4. The molecule has 2 aliphatic rings. The third-order valence-electron chi connectivity index (χ3n) is 5.26. The molecular weight excluding hydrogens is 304 g/mol. The average molecular weight is 334 g/mol. The molecule has 0 aromatic rings. The number of aliphatic hydroxyl groups excluding tert-OH is 1. The summed E-state index contributed by atoms with van der Waals surface area (Å²) in [4.78, 5) is 11.9. The van der Waals surface area contributed by atoms with Crippen molar-refractivity contribution < 1.29 is 19.7 Å². The van der Waals surface area contributed by atoms with Gasteiger partial charge in [-0.05, 0) is 77.9 Å². The Morgan fingerprint density at radius 1 is 1.17 bits per heavy atom. The van der Waals surface area contributed by atoms with Gasteiger partial charge in [-0.15, -0.1) is 0 Å². The van der Waals surface area contributed by atoms with Crippen molar-refractivity contribution in [3.8, 4) is 0 Å². The molecule has 0 unspecified atom stereocenters. The lowest BCUT2D eigenvalue weighted by molar-refractivity contribution is -0.138. The van der Waals surface area contributed by atoms with E-state index in [1.165, 1.54) is 5.57 Å². The van der Waals surface area contributed by atoms with Gasteiger partial charge in [0.25, 0.3) is 0 Å². The minimum Gasteiger partial charge on any atom is -0.450 e. The topological polar surface area (TPSA) is 66.8 Å². The minimum atomic E-state index is -1.08. The molecular formula is C20H30O4. The quantitative estimate of drug-likeness (QED) is 0.525. The zero-order valence-electron chi connectivity index (χ0n) is 15.3. The van der Waals surface area contributed by atoms with Crippen LogP contribution in [0.3, 0.4) is 0 Å². The van der Waals surface area contributed by atoms with Crippen LogP contribution in [0.2, 0.25) is 0 Å². The van der Waals surface area contributed by atoms with Crippen molar-refractivity contribution in [1.29, 1.82) is 0 Å². The Hall–Kier alpha value is -1.39. The number of carbonyl (C=O) groups excluding carboxylic acids is 1. The molecule has 1 heterocycles. The summed E-state index contributed by atoms with van der Waals surface area (Å²) in [6, 6.07) is 0. The second kappa shape index (κ2) is 7.66. The van der Waals surface area contributed by atoms with Crippen LogP contribution in [0, 0.1) is 0 Å². The molecule has 4 nitrogen and oxygen atoms in total. The smallest absolute Gasteiger partial charge is 0.334 e. The van der Waals surface area contributed by atoms with Crippen molar-refractivity contribution in [3.63, 3.8) is 0 Å². The summed E-state index contributed by atoms with van der Waals surface area (Å²) in [5.41, 5.74) is 3.02. The Morgan fingerprint density at radius 3 is 2.58 bits per heavy atom. The summed E-state index contributed by atoms with van der Waals surface area (Å²) in [5, 5.41) is 20.8. The van der Waals surface area contributed by atoms with Crippen LogP contribution >= 0.6 is 0 Å². The van der Waals surface area contributed by atoms with Crippen LogP contribution in [0.15, 0.2) is 34.4 Å². The third-order valence-corrected chi connectivity index (χ3v) is 5.26. The van der Waals surface area contributed by atoms with Crippen LogP contribution in [-0.2, 0) is 9.53 Å². The first-order chi connectivity index (χ1) is 11.2. The SMILES string of the molecule is CC1=C2CC/C(C)=C\CC[C@@](C)(O)[C@@H](O)CC/C(C)=C/[C@@H]2OC1=O. The molecule has 134 valence electrons. The maximum Gasteiger partial charge on any atom is 0.334 e. The van der Waals surface area contributed by atoms with Gasteiger partial charge in [0.2, 0.25) is 0 Å². The molecule has 0 saturated heterocycles. The minimum absolute atomic E-state index is 0.229. The fourth-order valence-corrected chi connectivity index (χ4v) is 3.31. The van der Waals surface area contributed by atoms with E-state index in [9.17, 15) is 15.0 Å². The van der Waals surface area contributed by atoms with E-state index in [4.69, 9.17) is 4.74 Å². The first-order valence-corrected chi connectivity index (χ1v) is 8.84. The summed E-state index contributed by atoms with van der Waals surface area (Å²) < 4.78 is 5.49. The van der Waals surface area contributed by atoms with Gasteiger partial charge in [0.15, 0.2) is 0 Å². The fraction of sp³-hybridized carbons (Fsp3) is 0.650. The van der Waals surface area contributed by atoms with E-state index in [2.05, 4.69) is 13.0 Å². The molecule has 24 heavy (non-hydrogen) atoms. The lowest BCUT2D eigenvalue weighted by Crippen LogP contribution is -2.39. The summed E-state index contributed by atoms with van der Waals surface area (Å²) in [7, 11) is 0. The van der Waals surface area contributed by atoms with Gasteiger partial charge in [0, 0.05) is 5.57 Å². The Bertz CT molecular complexity index is 580. The molecule has 4 heteroatoms. The summed E-state index contributed by atoms with van der Waals surface area (Å²) in [6.07, 6.45) is 7.19. The van der Waals surface area contributed by atoms with Crippen LogP contribution < -0.4 is 0 Å². The van der Waals surface area contributed by atoms with Crippen LogP contribution in [-0.4, -0.2) is 34.0 Å². The number of fused-ring (bicyclic) bond motifs is 1. The van der Waals surface area contributed by atoms with Crippen molar-refractivity contribution in [3.05, 3.63) is 34.4 Å². The molecule has 0 aromatic heterocycles. The molecule has 0 amide bonds. The van der Waals surface area contributed by atoms with Crippen molar-refractivity contribution in [2.24, 2.45) is 0 Å². The Kier molecular flexibility index (Phi) is 6.05. The van der Waals surface area contributed by atoms with E-state index < -0.39 is 11.7 Å². The van der Waals surface area contributed by atoms with Crippen molar-refractivity contribution in [2.45, 2.75) is 84.0 Å². The number of rotatable bonds is 0. The second-order valence-electron chi connectivity index (χ2n) is 7.49. The summed E-state index contributed by atoms with van der Waals surface area (Å²) in [6.45, 7) is 7.59. The molecule has 2 rings (SSSR count). The Balaban J connectivity index is 2.25. The molecule has 1 aliphatic carbocycles. The van der Waals surface area contributed by atoms with Gasteiger partial charge in [-0.3, -0.25) is 0 Å². The summed E-state index contributed by atoms with van der Waals surface area (Å²) in [5.74, 6) is -0.229. The Morgan fingerprint density at radius 2 is 1.88 bits per heavy atom. The van der Waals surface area contributed by atoms with Crippen LogP contribution in [0.4, 0.5) is 0 Å². The van der Waals surface area contributed by atoms with Gasteiger partial charge < -0.3 is 14.9 Å². The maximum atomic E-state index is 11.9. The molecule has 2 N–H and O–H groups in total. The van der Waals surface area contributed by atoms with Crippen LogP contribution in [0.5, 0.6) is 0 Å². The number of carbonyl (C=O) groups is 1. The van der Waals surface area contributed by atoms with Gasteiger partial charge in [-0.2, -0.15) is 0 Å². The van der Waals surface area contributed by atoms with Gasteiger partial charge in [-0.1, -0.05) is 17.2 Å². The highest BCUT2D eigenvalue weighted by Gasteiger charge is 2.31. The summed E-state index contributed by atoms with van der Waals surface area (Å²) >= 11 is 0. The largest absolute Gasteiger partial charge is 0.450 e. The average Bonchev–Trinajstić information content (AvgIpc) is 2.76. The second-order valence-corrected chi connectivity index (χ2v) is 7.49. The third kappa shape index (κ3) is 4.58. The number of aliphatic hydroxyl groups is 2. The number of allylic oxidation sites excluding steroid dienone is 3. The first kappa shape index (κ1) is 18.9. The zero-order chi connectivity index (χ0) is 17.9. The predicted octanol–water partition coefficient (Wildman–Crippen LogP) is 3.59. The van der Waals surface area contributed by atoms with E-state index in [0.29, 0.717) is 19.3 Å². The normalized spacial score (nSPS) is 37.7. The fourth-order valence-electron chi connectivity index (χ4n) is 3.31. The van der Waals surface area contributed by atoms with Gasteiger partial charge in [0.1, 0.15) is 6.10 Å². The highest BCUT2D eigenvalue weighted by molar-refractivity contribution is 5.92. The monoisotopic (exact) mass is 334 g/mol. The molecule has 0 radical (unpaired) electrons. The van der Waals surface area contributed by atoms with E-state index in [-0.39, 0.29) is 12.1 Å². The predicted molar refractivity (Wildman–Crippen MR) is 94.4 cm³/mol. The Labute approximate surface area is 144 Å². The molecule has 0 spiro atoms. The standard InChI is InChI=1S/C20H30O4/c1-13-6-5-11-20(4,23)18(21)10-8-14(2)12-17-16(9-7-13)15(3)19(22)24-17/h6,12,17-18,21,23H,5,7-11H2,1-4H3/b13-6-,14-12+/t17-,18-,20+/m0/s1. The molecule has 0 fully saturated rings. The molecule has 1 aliphatic heterocycles. The molecule has 0 aromatic carbocycles. The van der Waals surface area contributed by atoms with Crippen molar-refractivity contribution in [2.75, 3.05) is 0 Å². The highest BCUT2D eigenvalue weighted by Crippen LogP contribution is 2.31. The van der Waals surface area contributed by atoms with Gasteiger partial charge in [-0.25, -0.2) is 4.79 Å². The van der Waals surface area contributed by atoms with Gasteiger partial charge in [0.05, 0.1) is 11.7 Å². The lowest BCUT2D eigenvalue weighted by atomic mass is 9.88. The van der Waals surface area contributed by atoms with Crippen molar-refractivity contribution >= 4 is 5.97 Å². The number of hydrogen-bond donors (Lipinski definition) is 2. The van der Waals surface area contributed by atoms with Crippen LogP contribution in [0.25, 0.3) is 0 Å². The molecule has 3 atom stereocenters. The lowest BCUT2D eigenvalue weighted by Gasteiger charge is -2.29. The number of ether oxygens (including phenoxy) is 1. The van der Waals surface area contributed by atoms with E-state index >= 15 is 0 Å². The van der Waals surface area contributed by atoms with Crippen LogP contribution in [0.1, 0.15) is 66.2 Å². The zero-order valence-corrected chi connectivity index (χ0v) is 15.3. The highest BCUT2D eigenvalue weighted by atomic mass is 16.5. The molecule has 0 saturated carbocycles. The van der Waals surface area contributed by atoms with Gasteiger partial charge >= 0.3 is 5.97 Å². The van der Waals surface area contributed by atoms with Crippen molar-refractivity contribution in [1.82, 2.24) is 0 Å². The molecule has 0 bridgehead atoms. The van der Waals surface area contributed by atoms with E-state index in [1.807, 2.05) is 19.9 Å². The number of esters is 1. The van der Waals surface area contributed by atoms with E-state index in [0.717, 1.165) is 36.0 Å². The maximum absolute atomic E-state index is 11.9.